The van der Waals surface area contributed by atoms with Gasteiger partial charge in [-0.05, 0) is 31.4 Å². The maximum atomic E-state index is 12.5. The van der Waals surface area contributed by atoms with Crippen LogP contribution in [0.4, 0.5) is 0 Å². The number of rotatable bonds is 3. The number of benzene rings is 1. The van der Waals surface area contributed by atoms with Gasteiger partial charge in [0, 0.05) is 11.6 Å². The minimum Gasteiger partial charge on any atom is -0.376 e. The molecule has 0 radical (unpaired) electrons. The van der Waals surface area contributed by atoms with Crippen molar-refractivity contribution < 1.29 is 12.6 Å². The van der Waals surface area contributed by atoms with E-state index in [0.29, 0.717) is 23.7 Å². The summed E-state index contributed by atoms with van der Waals surface area (Å²) in [7, 11) is -4.06. The second-order valence-corrected chi connectivity index (χ2v) is 7.64. The van der Waals surface area contributed by atoms with Crippen LogP contribution < -0.4 is 4.18 Å². The Kier molecular flexibility index (Phi) is 4.29. The number of halogens is 3. The lowest BCUT2D eigenvalue weighted by Crippen LogP contribution is -2.16. The number of hydrogen-bond donors (Lipinski definition) is 0. The number of aromatic nitrogens is 2. The molecule has 5 nitrogen and oxygen atoms in total. The molecular weight excluding hydrogens is 371 g/mol. The average molecular weight is 382 g/mol. The Hall–Kier alpha value is -0.950. The zero-order valence-electron chi connectivity index (χ0n) is 11.2. The number of hydrogen-bond acceptors (Lipinski definition) is 4. The molecule has 0 saturated carbocycles. The molecule has 0 N–H and O–H groups in total. The van der Waals surface area contributed by atoms with Crippen LogP contribution in [0.25, 0.3) is 0 Å². The Morgan fingerprint density at radius 2 is 1.82 bits per heavy atom. The zero-order chi connectivity index (χ0) is 15.9. The van der Waals surface area contributed by atoms with Crippen LogP contribution in [0, 0.1) is 0 Å². The Labute approximate surface area is 142 Å². The van der Waals surface area contributed by atoms with Crippen LogP contribution in [0.1, 0.15) is 18.5 Å². The lowest BCUT2D eigenvalue weighted by Gasteiger charge is -2.15. The van der Waals surface area contributed by atoms with Gasteiger partial charge in [0.15, 0.2) is 5.75 Å². The quantitative estimate of drug-likeness (QED) is 0.755. The smallest absolute Gasteiger partial charge is 0.342 e. The van der Waals surface area contributed by atoms with Crippen LogP contribution in [-0.2, 0) is 23.1 Å². The maximum absolute atomic E-state index is 12.5. The lowest BCUT2D eigenvalue weighted by molar-refractivity contribution is 0.468. The molecule has 1 aliphatic heterocycles. The van der Waals surface area contributed by atoms with Gasteiger partial charge >= 0.3 is 10.1 Å². The maximum Gasteiger partial charge on any atom is 0.342 e. The Balaban J connectivity index is 2.00. The highest BCUT2D eigenvalue weighted by atomic mass is 35.5. The van der Waals surface area contributed by atoms with E-state index in [1.54, 1.807) is 4.68 Å². The summed E-state index contributed by atoms with van der Waals surface area (Å²) in [5.41, 5.74) is 0.646. The van der Waals surface area contributed by atoms with E-state index >= 15 is 0 Å². The van der Waals surface area contributed by atoms with Gasteiger partial charge in [0.2, 0.25) is 0 Å². The zero-order valence-corrected chi connectivity index (χ0v) is 14.3. The summed E-state index contributed by atoms with van der Waals surface area (Å²) in [6.07, 6.45) is 3.83. The van der Waals surface area contributed by atoms with Crippen molar-refractivity contribution in [1.82, 2.24) is 9.78 Å². The summed E-state index contributed by atoms with van der Waals surface area (Å²) in [6.45, 7) is 0.702. The molecule has 0 amide bonds. The first-order valence-electron chi connectivity index (χ1n) is 6.52. The van der Waals surface area contributed by atoms with E-state index in [-0.39, 0.29) is 20.7 Å². The summed E-state index contributed by atoms with van der Waals surface area (Å²) in [5, 5.41) is 4.45. The van der Waals surface area contributed by atoms with E-state index in [9.17, 15) is 8.42 Å². The first-order chi connectivity index (χ1) is 10.4. The van der Waals surface area contributed by atoms with Crippen LogP contribution >= 0.6 is 34.8 Å². The first-order valence-corrected chi connectivity index (χ1v) is 9.06. The molecular formula is C13H11Cl3N2O3S. The molecule has 2 heterocycles. The average Bonchev–Trinajstić information content (AvgIpc) is 2.87. The van der Waals surface area contributed by atoms with Crippen molar-refractivity contribution in [2.24, 2.45) is 0 Å². The summed E-state index contributed by atoms with van der Waals surface area (Å²) in [6, 6.07) is 2.74. The highest BCUT2D eigenvalue weighted by molar-refractivity contribution is 7.87. The van der Waals surface area contributed by atoms with E-state index in [2.05, 4.69) is 5.10 Å². The van der Waals surface area contributed by atoms with E-state index < -0.39 is 10.1 Å². The summed E-state index contributed by atoms with van der Waals surface area (Å²) in [4.78, 5) is 0.0503. The van der Waals surface area contributed by atoms with Gasteiger partial charge in [-0.1, -0.05) is 34.8 Å². The largest absolute Gasteiger partial charge is 0.376 e. The third-order valence-corrected chi connectivity index (χ3v) is 5.41. The summed E-state index contributed by atoms with van der Waals surface area (Å²) in [5.74, 6) is -0.136. The van der Waals surface area contributed by atoms with E-state index in [1.165, 1.54) is 18.3 Å². The van der Waals surface area contributed by atoms with Gasteiger partial charge in [-0.25, -0.2) is 0 Å². The van der Waals surface area contributed by atoms with Crippen molar-refractivity contribution in [2.75, 3.05) is 0 Å². The Morgan fingerprint density at radius 1 is 1.14 bits per heavy atom. The second kappa shape index (κ2) is 5.92. The third kappa shape index (κ3) is 2.93. The van der Waals surface area contributed by atoms with Gasteiger partial charge in [0.25, 0.3) is 0 Å². The van der Waals surface area contributed by atoms with Crippen LogP contribution in [0.5, 0.6) is 5.75 Å². The van der Waals surface area contributed by atoms with Crippen molar-refractivity contribution in [3.63, 3.8) is 0 Å². The normalized spacial score (nSPS) is 14.7. The van der Waals surface area contributed by atoms with Gasteiger partial charge in [0.1, 0.15) is 4.90 Å². The van der Waals surface area contributed by atoms with Crippen molar-refractivity contribution >= 4 is 44.9 Å². The molecule has 0 aliphatic carbocycles. The van der Waals surface area contributed by atoms with E-state index in [1.807, 2.05) is 0 Å². The van der Waals surface area contributed by atoms with E-state index in [0.717, 1.165) is 12.8 Å². The van der Waals surface area contributed by atoms with Gasteiger partial charge in [-0.15, -0.1) is 0 Å². The Bertz CT molecular complexity index is 810. The standard InChI is InChI=1S/C13H11Cl3N2O3S/c14-8-5-9(15)13(10(16)6-8)21-22(19,20)12-7-17-18-4-2-1-3-11(12)18/h5-7H,1-4H2. The highest BCUT2D eigenvalue weighted by Gasteiger charge is 2.28. The molecule has 9 heteroatoms. The number of fused-ring (bicyclic) bond motifs is 1. The van der Waals surface area contributed by atoms with Gasteiger partial charge in [-0.3, -0.25) is 4.68 Å². The molecule has 0 atom stereocenters. The third-order valence-electron chi connectivity index (χ3n) is 3.37. The highest BCUT2D eigenvalue weighted by Crippen LogP contribution is 2.38. The topological polar surface area (TPSA) is 61.2 Å². The molecule has 0 spiro atoms. The van der Waals surface area contributed by atoms with Crippen molar-refractivity contribution in [1.29, 1.82) is 0 Å². The first kappa shape index (κ1) is 15.9. The fourth-order valence-electron chi connectivity index (χ4n) is 2.36. The molecule has 118 valence electrons. The molecule has 0 unspecified atom stereocenters. The molecule has 3 rings (SSSR count). The van der Waals surface area contributed by atoms with Crippen LogP contribution in [0.15, 0.2) is 23.2 Å². The molecule has 2 aromatic rings. The molecule has 1 aromatic heterocycles. The van der Waals surface area contributed by atoms with Crippen molar-refractivity contribution in [3.8, 4) is 5.75 Å². The summed E-state index contributed by atoms with van der Waals surface area (Å²) < 4.78 is 31.8. The minimum atomic E-state index is -4.06. The van der Waals surface area contributed by atoms with Crippen LogP contribution in [-0.4, -0.2) is 18.2 Å². The summed E-state index contributed by atoms with van der Waals surface area (Å²) >= 11 is 17.7. The Morgan fingerprint density at radius 3 is 2.50 bits per heavy atom. The monoisotopic (exact) mass is 380 g/mol. The van der Waals surface area contributed by atoms with E-state index in [4.69, 9.17) is 39.0 Å². The van der Waals surface area contributed by atoms with Gasteiger partial charge in [-0.2, -0.15) is 13.5 Å². The molecule has 22 heavy (non-hydrogen) atoms. The fourth-order valence-corrected chi connectivity index (χ4v) is 4.51. The minimum absolute atomic E-state index is 0.0297. The van der Waals surface area contributed by atoms with Gasteiger partial charge in [0.05, 0.1) is 21.9 Å². The predicted octanol–water partition coefficient (Wildman–Crippen LogP) is 3.95. The van der Waals surface area contributed by atoms with Crippen LogP contribution in [0.3, 0.4) is 0 Å². The fraction of sp³-hybridized carbons (Fsp3) is 0.308. The molecule has 0 fully saturated rings. The molecule has 0 bridgehead atoms. The molecule has 1 aromatic carbocycles. The predicted molar refractivity (Wildman–Crippen MR) is 84.5 cm³/mol. The lowest BCUT2D eigenvalue weighted by atomic mass is 10.1. The SMILES string of the molecule is O=S(=O)(Oc1c(Cl)cc(Cl)cc1Cl)c1cnn2c1CCCC2. The van der Waals surface area contributed by atoms with Crippen molar-refractivity contribution in [2.45, 2.75) is 30.7 Å². The second-order valence-electron chi connectivity index (χ2n) is 4.87. The van der Waals surface area contributed by atoms with Crippen molar-refractivity contribution in [3.05, 3.63) is 39.1 Å². The number of aryl methyl sites for hydroxylation is 1. The molecule has 1 aliphatic rings. The molecule has 0 saturated heterocycles. The van der Waals surface area contributed by atoms with Crippen LogP contribution in [0.2, 0.25) is 15.1 Å². The number of nitrogens with zero attached hydrogens (tertiary/aromatic N) is 2. The van der Waals surface area contributed by atoms with Gasteiger partial charge < -0.3 is 4.18 Å².